The van der Waals surface area contributed by atoms with Crippen LogP contribution in [0.4, 0.5) is 0 Å². The van der Waals surface area contributed by atoms with Crippen molar-refractivity contribution in [2.24, 2.45) is 5.73 Å². The molecule has 1 aliphatic rings. The van der Waals surface area contributed by atoms with E-state index >= 15 is 0 Å². The summed E-state index contributed by atoms with van der Waals surface area (Å²) in [5.74, 6) is 0. The zero-order valence-corrected chi connectivity index (χ0v) is 9.42. The summed E-state index contributed by atoms with van der Waals surface area (Å²) < 4.78 is 0. The van der Waals surface area contributed by atoms with Crippen LogP contribution >= 0.6 is 12.2 Å². The Bertz CT molecular complexity index is 597. The molecule has 0 aliphatic carbocycles. The number of nitrogens with one attached hydrogen (secondary N) is 1. The lowest BCUT2D eigenvalue weighted by Gasteiger charge is -2.21. The van der Waals surface area contributed by atoms with Crippen molar-refractivity contribution in [3.8, 4) is 0 Å². The fourth-order valence-corrected chi connectivity index (χ4v) is 2.20. The number of aromatic amines is 1. The van der Waals surface area contributed by atoms with Gasteiger partial charge in [0.15, 0.2) is 5.11 Å². The predicted molar refractivity (Wildman–Crippen MR) is 69.7 cm³/mol. The van der Waals surface area contributed by atoms with Crippen LogP contribution in [0.15, 0.2) is 30.5 Å². The van der Waals surface area contributed by atoms with E-state index in [0.29, 0.717) is 5.11 Å². The van der Waals surface area contributed by atoms with Gasteiger partial charge < -0.3 is 15.6 Å². The smallest absolute Gasteiger partial charge is 0.170 e. The second kappa shape index (κ2) is 3.35. The number of aromatic nitrogens is 1. The minimum absolute atomic E-state index is 0.403. The maximum Gasteiger partial charge on any atom is 0.170 e. The lowest BCUT2D eigenvalue weighted by atomic mass is 10.1. The fourth-order valence-electron chi connectivity index (χ4n) is 2.07. The topological polar surface area (TPSA) is 45.0 Å². The molecule has 3 nitrogen and oxygen atoms in total. The third kappa shape index (κ3) is 1.31. The van der Waals surface area contributed by atoms with Gasteiger partial charge in [0.05, 0.1) is 6.54 Å². The molecule has 0 radical (unpaired) electrons. The maximum absolute atomic E-state index is 5.61. The summed E-state index contributed by atoms with van der Waals surface area (Å²) in [6.45, 7) is 0.718. The molecule has 0 fully saturated rings. The molecule has 0 amide bonds. The van der Waals surface area contributed by atoms with Crippen molar-refractivity contribution < 1.29 is 0 Å². The summed E-state index contributed by atoms with van der Waals surface area (Å²) >= 11 is 4.96. The van der Waals surface area contributed by atoms with E-state index in [1.165, 1.54) is 10.9 Å². The molecule has 0 unspecified atom stereocenters. The zero-order valence-electron chi connectivity index (χ0n) is 8.60. The summed E-state index contributed by atoms with van der Waals surface area (Å²) in [5.41, 5.74) is 9.17. The van der Waals surface area contributed by atoms with Gasteiger partial charge in [-0.15, -0.1) is 0 Å². The number of thiocarbonyl (C=S) groups is 1. The number of hydrogen-bond acceptors (Lipinski definition) is 1. The molecule has 1 aromatic heterocycles. The molecule has 3 N–H and O–H groups in total. The summed E-state index contributed by atoms with van der Waals surface area (Å²) in [5, 5.41) is 1.65. The van der Waals surface area contributed by atoms with Crippen molar-refractivity contribution in [1.82, 2.24) is 9.88 Å². The highest BCUT2D eigenvalue weighted by molar-refractivity contribution is 7.80. The standard InChI is InChI=1S/C12H11N3S/c13-12(16)15-6-5-9-8-3-1-2-4-10(8)14-11(9)7-15/h1-6,14H,7H2,(H2,13,16). The molecular weight excluding hydrogens is 218 g/mol. The molecule has 0 saturated heterocycles. The highest BCUT2D eigenvalue weighted by Crippen LogP contribution is 2.27. The van der Waals surface area contributed by atoms with Crippen molar-refractivity contribution in [2.45, 2.75) is 6.54 Å². The molecule has 2 heterocycles. The normalized spacial score (nSPS) is 14.1. The molecule has 0 saturated carbocycles. The molecule has 1 aromatic carbocycles. The Kier molecular flexibility index (Phi) is 1.97. The van der Waals surface area contributed by atoms with Crippen molar-refractivity contribution in [3.05, 3.63) is 41.7 Å². The molecule has 1 aliphatic heterocycles. The zero-order chi connectivity index (χ0) is 11.1. The van der Waals surface area contributed by atoms with E-state index in [2.05, 4.69) is 23.2 Å². The van der Waals surface area contributed by atoms with Crippen LogP contribution in [0.3, 0.4) is 0 Å². The number of fused-ring (bicyclic) bond motifs is 3. The van der Waals surface area contributed by atoms with Crippen LogP contribution in [-0.2, 0) is 6.54 Å². The first-order valence-electron chi connectivity index (χ1n) is 5.09. The number of rotatable bonds is 0. The molecule has 3 rings (SSSR count). The highest BCUT2D eigenvalue weighted by Gasteiger charge is 2.16. The van der Waals surface area contributed by atoms with Crippen molar-refractivity contribution >= 4 is 34.3 Å². The molecule has 4 heteroatoms. The van der Waals surface area contributed by atoms with Gasteiger partial charge in [0.1, 0.15) is 0 Å². The van der Waals surface area contributed by atoms with E-state index in [1.54, 1.807) is 0 Å². The third-order valence-electron chi connectivity index (χ3n) is 2.86. The Hall–Kier alpha value is -1.81. The van der Waals surface area contributed by atoms with E-state index in [0.717, 1.165) is 17.8 Å². The van der Waals surface area contributed by atoms with Gasteiger partial charge in [-0.25, -0.2) is 0 Å². The second-order valence-electron chi connectivity index (χ2n) is 3.84. The van der Waals surface area contributed by atoms with Gasteiger partial charge in [0.25, 0.3) is 0 Å². The fraction of sp³-hybridized carbons (Fsp3) is 0.0833. The molecule has 2 aromatic rings. The van der Waals surface area contributed by atoms with Gasteiger partial charge in [-0.3, -0.25) is 0 Å². The molecule has 0 spiro atoms. The Morgan fingerprint density at radius 2 is 2.19 bits per heavy atom. The van der Waals surface area contributed by atoms with Gasteiger partial charge in [0.2, 0.25) is 0 Å². The third-order valence-corrected chi connectivity index (χ3v) is 3.10. The van der Waals surface area contributed by atoms with E-state index in [9.17, 15) is 0 Å². The Labute approximate surface area is 98.5 Å². The average Bonchev–Trinajstić information content (AvgIpc) is 2.66. The Morgan fingerprint density at radius 1 is 1.38 bits per heavy atom. The van der Waals surface area contributed by atoms with E-state index in [-0.39, 0.29) is 0 Å². The SMILES string of the molecule is NC(=S)N1C=Cc2c([nH]c3ccccc23)C1. The number of hydrogen-bond donors (Lipinski definition) is 2. The quantitative estimate of drug-likeness (QED) is 0.681. The number of benzene rings is 1. The van der Waals surface area contributed by atoms with Crippen LogP contribution in [0.2, 0.25) is 0 Å². The average molecular weight is 229 g/mol. The van der Waals surface area contributed by atoms with Gasteiger partial charge in [-0.1, -0.05) is 18.2 Å². The molecular formula is C12H11N3S. The number of para-hydroxylation sites is 1. The Balaban J connectivity index is 2.16. The first-order valence-corrected chi connectivity index (χ1v) is 5.50. The maximum atomic E-state index is 5.61. The van der Waals surface area contributed by atoms with Crippen molar-refractivity contribution in [3.63, 3.8) is 0 Å². The van der Waals surface area contributed by atoms with Gasteiger partial charge >= 0.3 is 0 Å². The summed E-state index contributed by atoms with van der Waals surface area (Å²) in [6.07, 6.45) is 3.99. The Morgan fingerprint density at radius 3 is 3.00 bits per heavy atom. The van der Waals surface area contributed by atoms with E-state index < -0.39 is 0 Å². The number of H-pyrrole nitrogens is 1. The van der Waals surface area contributed by atoms with E-state index in [1.807, 2.05) is 23.2 Å². The van der Waals surface area contributed by atoms with Gasteiger partial charge in [-0.2, -0.15) is 0 Å². The second-order valence-corrected chi connectivity index (χ2v) is 4.26. The first kappa shape index (κ1) is 9.42. The monoisotopic (exact) mass is 229 g/mol. The highest BCUT2D eigenvalue weighted by atomic mass is 32.1. The lowest BCUT2D eigenvalue weighted by molar-refractivity contribution is 0.544. The minimum Gasteiger partial charge on any atom is -0.376 e. The summed E-state index contributed by atoms with van der Waals surface area (Å²) in [4.78, 5) is 5.25. The van der Waals surface area contributed by atoms with Crippen LogP contribution < -0.4 is 5.73 Å². The minimum atomic E-state index is 0.403. The van der Waals surface area contributed by atoms with Crippen LogP contribution in [0, 0.1) is 0 Å². The van der Waals surface area contributed by atoms with Crippen molar-refractivity contribution in [2.75, 3.05) is 0 Å². The molecule has 0 atom stereocenters. The van der Waals surface area contributed by atoms with E-state index in [4.69, 9.17) is 18.0 Å². The predicted octanol–water partition coefficient (Wildman–Crippen LogP) is 2.20. The number of nitrogens with two attached hydrogens (primary N) is 1. The van der Waals surface area contributed by atoms with Crippen LogP contribution in [0.1, 0.15) is 11.3 Å². The van der Waals surface area contributed by atoms with Crippen LogP contribution in [0.5, 0.6) is 0 Å². The van der Waals surface area contributed by atoms with Crippen LogP contribution in [0.25, 0.3) is 17.0 Å². The van der Waals surface area contributed by atoms with Crippen LogP contribution in [-0.4, -0.2) is 15.0 Å². The largest absolute Gasteiger partial charge is 0.376 e. The molecule has 0 bridgehead atoms. The number of nitrogens with zero attached hydrogens (tertiary/aromatic N) is 1. The molecule has 80 valence electrons. The van der Waals surface area contributed by atoms with Gasteiger partial charge in [0, 0.05) is 28.4 Å². The molecule has 16 heavy (non-hydrogen) atoms. The van der Waals surface area contributed by atoms with Crippen molar-refractivity contribution in [1.29, 1.82) is 0 Å². The summed E-state index contributed by atoms with van der Waals surface area (Å²) in [7, 11) is 0. The summed E-state index contributed by atoms with van der Waals surface area (Å²) in [6, 6.07) is 8.27. The van der Waals surface area contributed by atoms with Gasteiger partial charge in [-0.05, 0) is 24.4 Å². The first-order chi connectivity index (χ1) is 7.75. The lowest BCUT2D eigenvalue weighted by Crippen LogP contribution is -2.31.